The number of nitrogens with one attached hydrogen (secondary N) is 1. The van der Waals surface area contributed by atoms with Gasteiger partial charge in [-0.15, -0.1) is 0 Å². The number of rotatable bonds is 3. The molecule has 2 N–H and O–H groups in total. The summed E-state index contributed by atoms with van der Waals surface area (Å²) in [6.45, 7) is 1.89. The van der Waals surface area contributed by atoms with Crippen molar-refractivity contribution in [1.29, 1.82) is 0 Å². The topological polar surface area (TPSA) is 49.3 Å². The minimum absolute atomic E-state index is 0.175. The van der Waals surface area contributed by atoms with E-state index in [2.05, 4.69) is 5.32 Å². The van der Waals surface area contributed by atoms with E-state index in [0.717, 1.165) is 11.1 Å². The van der Waals surface area contributed by atoms with Crippen LogP contribution in [-0.2, 0) is 4.79 Å². The van der Waals surface area contributed by atoms with Gasteiger partial charge >= 0.3 is 0 Å². The summed E-state index contributed by atoms with van der Waals surface area (Å²) in [5.41, 5.74) is 2.57. The first-order valence-corrected chi connectivity index (χ1v) is 5.99. The first kappa shape index (κ1) is 12.9. The number of phenols is 1. The number of carbonyl (C=O) groups excluding carboxylic acids is 1. The average molecular weight is 253 g/mol. The molecule has 1 amide bonds. The fraction of sp³-hybridized carbons (Fsp3) is 0.0625. The fourth-order valence-electron chi connectivity index (χ4n) is 1.70. The molecule has 0 saturated carbocycles. The van der Waals surface area contributed by atoms with Crippen LogP contribution in [0.4, 0.5) is 5.69 Å². The van der Waals surface area contributed by atoms with E-state index < -0.39 is 0 Å². The summed E-state index contributed by atoms with van der Waals surface area (Å²) in [6.07, 6.45) is 1.56. The molecular formula is C16H15NO2. The molecule has 0 radical (unpaired) electrons. The molecule has 0 unspecified atom stereocenters. The quantitative estimate of drug-likeness (QED) is 0.650. The predicted octanol–water partition coefficient (Wildman–Crippen LogP) is 3.43. The van der Waals surface area contributed by atoms with Crippen LogP contribution in [0.2, 0.25) is 0 Å². The van der Waals surface area contributed by atoms with Crippen molar-refractivity contribution < 1.29 is 9.90 Å². The van der Waals surface area contributed by atoms with Gasteiger partial charge in [-0.3, -0.25) is 4.79 Å². The van der Waals surface area contributed by atoms with E-state index in [1.165, 1.54) is 12.1 Å². The van der Waals surface area contributed by atoms with E-state index in [4.69, 9.17) is 5.11 Å². The molecule has 19 heavy (non-hydrogen) atoms. The molecule has 0 aliphatic carbocycles. The zero-order valence-electron chi connectivity index (χ0n) is 10.6. The number of benzene rings is 2. The fourth-order valence-corrected chi connectivity index (χ4v) is 1.70. The van der Waals surface area contributed by atoms with Crippen LogP contribution in [0.3, 0.4) is 0 Å². The number of amides is 1. The highest BCUT2D eigenvalue weighted by Gasteiger charge is 2.01. The van der Waals surface area contributed by atoms with Gasteiger partial charge in [-0.1, -0.05) is 30.3 Å². The largest absolute Gasteiger partial charge is 0.508 e. The van der Waals surface area contributed by atoms with Gasteiger partial charge in [0, 0.05) is 11.8 Å². The molecule has 0 saturated heterocycles. The maximum atomic E-state index is 11.8. The zero-order valence-corrected chi connectivity index (χ0v) is 10.6. The smallest absolute Gasteiger partial charge is 0.248 e. The Bertz CT molecular complexity index is 586. The van der Waals surface area contributed by atoms with E-state index in [0.29, 0.717) is 5.69 Å². The highest BCUT2D eigenvalue weighted by Crippen LogP contribution is 2.15. The summed E-state index contributed by atoms with van der Waals surface area (Å²) in [4.78, 5) is 11.8. The Morgan fingerprint density at radius 1 is 1.05 bits per heavy atom. The van der Waals surface area contributed by atoms with Gasteiger partial charge in [0.05, 0.1) is 0 Å². The van der Waals surface area contributed by atoms with Crippen LogP contribution in [0.1, 0.15) is 12.5 Å². The van der Waals surface area contributed by atoms with Crippen molar-refractivity contribution in [2.45, 2.75) is 6.92 Å². The SMILES string of the molecule is C/C(=C\C(=O)Nc1ccc(O)cc1)c1ccccc1. The van der Waals surface area contributed by atoms with Gasteiger partial charge in [0.1, 0.15) is 5.75 Å². The van der Waals surface area contributed by atoms with E-state index in [9.17, 15) is 4.79 Å². The molecule has 0 aliphatic rings. The second-order valence-corrected chi connectivity index (χ2v) is 4.23. The number of carbonyl (C=O) groups is 1. The van der Waals surface area contributed by atoms with Gasteiger partial charge in [0.25, 0.3) is 0 Å². The third-order valence-electron chi connectivity index (χ3n) is 2.71. The van der Waals surface area contributed by atoms with Crippen molar-refractivity contribution in [3.8, 4) is 5.75 Å². The highest BCUT2D eigenvalue weighted by atomic mass is 16.3. The van der Waals surface area contributed by atoms with E-state index in [1.54, 1.807) is 18.2 Å². The van der Waals surface area contributed by atoms with E-state index >= 15 is 0 Å². The predicted molar refractivity (Wildman–Crippen MR) is 76.8 cm³/mol. The molecule has 2 aromatic rings. The normalized spacial score (nSPS) is 11.1. The van der Waals surface area contributed by atoms with Crippen molar-refractivity contribution in [3.63, 3.8) is 0 Å². The van der Waals surface area contributed by atoms with Crippen LogP contribution < -0.4 is 5.32 Å². The van der Waals surface area contributed by atoms with Gasteiger partial charge in [-0.05, 0) is 42.3 Å². The van der Waals surface area contributed by atoms with Crippen LogP contribution in [0, 0.1) is 0 Å². The molecule has 0 aliphatic heterocycles. The van der Waals surface area contributed by atoms with Crippen molar-refractivity contribution in [1.82, 2.24) is 0 Å². The lowest BCUT2D eigenvalue weighted by atomic mass is 10.1. The molecule has 3 nitrogen and oxygen atoms in total. The van der Waals surface area contributed by atoms with Crippen LogP contribution in [0.15, 0.2) is 60.7 Å². The van der Waals surface area contributed by atoms with Gasteiger partial charge in [-0.2, -0.15) is 0 Å². The van der Waals surface area contributed by atoms with E-state index in [1.807, 2.05) is 37.3 Å². The summed E-state index contributed by atoms with van der Waals surface area (Å²) in [7, 11) is 0. The third-order valence-corrected chi connectivity index (χ3v) is 2.71. The number of hydrogen-bond donors (Lipinski definition) is 2. The van der Waals surface area contributed by atoms with Gasteiger partial charge in [0.15, 0.2) is 0 Å². The molecule has 0 bridgehead atoms. The summed E-state index contributed by atoms with van der Waals surface area (Å²) < 4.78 is 0. The first-order chi connectivity index (χ1) is 9.15. The van der Waals surface area contributed by atoms with Crippen molar-refractivity contribution in [2.75, 3.05) is 5.32 Å². The van der Waals surface area contributed by atoms with Gasteiger partial charge in [-0.25, -0.2) is 0 Å². The maximum absolute atomic E-state index is 11.8. The summed E-state index contributed by atoms with van der Waals surface area (Å²) >= 11 is 0. The molecule has 0 heterocycles. The minimum Gasteiger partial charge on any atom is -0.508 e. The number of allylic oxidation sites excluding steroid dienone is 1. The molecule has 0 aromatic heterocycles. The Labute approximate surface area is 112 Å². The molecule has 2 rings (SSSR count). The zero-order chi connectivity index (χ0) is 13.7. The molecule has 2 aromatic carbocycles. The van der Waals surface area contributed by atoms with Gasteiger partial charge < -0.3 is 10.4 Å². The minimum atomic E-state index is -0.188. The van der Waals surface area contributed by atoms with Gasteiger partial charge in [0.2, 0.25) is 5.91 Å². The van der Waals surface area contributed by atoms with E-state index in [-0.39, 0.29) is 11.7 Å². The van der Waals surface area contributed by atoms with Crippen molar-refractivity contribution in [3.05, 3.63) is 66.2 Å². The molecule has 0 fully saturated rings. The summed E-state index contributed by atoms with van der Waals surface area (Å²) in [5, 5.41) is 11.9. The van der Waals surface area contributed by atoms with Crippen LogP contribution in [0.25, 0.3) is 5.57 Å². The number of phenolic OH excluding ortho intramolecular Hbond substituents is 1. The number of aromatic hydroxyl groups is 1. The Hall–Kier alpha value is -2.55. The first-order valence-electron chi connectivity index (χ1n) is 5.99. The van der Waals surface area contributed by atoms with Crippen molar-refractivity contribution >= 4 is 17.2 Å². The highest BCUT2D eigenvalue weighted by molar-refractivity contribution is 6.03. The molecule has 3 heteroatoms. The van der Waals surface area contributed by atoms with Crippen LogP contribution in [0.5, 0.6) is 5.75 Å². The molecule has 0 atom stereocenters. The standard InChI is InChI=1S/C16H15NO2/c1-12(13-5-3-2-4-6-13)11-16(19)17-14-7-9-15(18)10-8-14/h2-11,18H,1H3,(H,17,19)/b12-11+. The number of anilines is 1. The molecule has 0 spiro atoms. The number of hydrogen-bond acceptors (Lipinski definition) is 2. The Kier molecular flexibility index (Phi) is 3.98. The second-order valence-electron chi connectivity index (χ2n) is 4.23. The lowest BCUT2D eigenvalue weighted by Crippen LogP contribution is -2.08. The lowest BCUT2D eigenvalue weighted by molar-refractivity contribution is -0.111. The Balaban J connectivity index is 2.07. The lowest BCUT2D eigenvalue weighted by Gasteiger charge is -2.04. The third kappa shape index (κ3) is 3.71. The van der Waals surface area contributed by atoms with Crippen molar-refractivity contribution in [2.24, 2.45) is 0 Å². The average Bonchev–Trinajstić information content (AvgIpc) is 2.42. The molecule has 96 valence electrons. The summed E-state index contributed by atoms with van der Waals surface area (Å²) in [5.74, 6) is -0.0129. The Morgan fingerprint density at radius 2 is 1.68 bits per heavy atom. The monoisotopic (exact) mass is 253 g/mol. The Morgan fingerprint density at radius 3 is 2.32 bits per heavy atom. The molecular weight excluding hydrogens is 238 g/mol. The van der Waals surface area contributed by atoms with Crippen LogP contribution in [-0.4, -0.2) is 11.0 Å². The summed E-state index contributed by atoms with van der Waals surface area (Å²) in [6, 6.07) is 16.1. The second kappa shape index (κ2) is 5.87. The maximum Gasteiger partial charge on any atom is 0.248 e. The van der Waals surface area contributed by atoms with Crippen LogP contribution >= 0.6 is 0 Å².